The fraction of sp³-hybridized carbons (Fsp3) is 0.471. The van der Waals surface area contributed by atoms with E-state index >= 15 is 0 Å². The third kappa shape index (κ3) is 4.24. The van der Waals surface area contributed by atoms with E-state index in [0.29, 0.717) is 6.54 Å². The number of aromatic nitrogens is 2. The molecule has 1 atom stereocenters. The molecule has 1 aromatic heterocycles. The minimum atomic E-state index is -0.905. The van der Waals surface area contributed by atoms with Gasteiger partial charge in [-0.05, 0) is 25.5 Å². The normalized spacial score (nSPS) is 12.1. The number of carboxylic acids is 1. The third-order valence-electron chi connectivity index (χ3n) is 4.00. The van der Waals surface area contributed by atoms with Crippen LogP contribution in [0.2, 0.25) is 0 Å². The molecule has 0 spiro atoms. The second-order valence-electron chi connectivity index (χ2n) is 6.00. The summed E-state index contributed by atoms with van der Waals surface area (Å²) >= 11 is 0. The van der Waals surface area contributed by atoms with E-state index in [1.165, 1.54) is 4.90 Å². The Bertz CT molecular complexity index is 726. The van der Waals surface area contributed by atoms with Crippen molar-refractivity contribution in [2.24, 2.45) is 5.92 Å². The Kier molecular flexibility index (Phi) is 5.78. The summed E-state index contributed by atoms with van der Waals surface area (Å²) in [6.45, 7) is 5.03. The Hall–Kier alpha value is -2.57. The van der Waals surface area contributed by atoms with E-state index < -0.39 is 11.9 Å². The molecule has 2 aromatic rings. The van der Waals surface area contributed by atoms with Crippen LogP contribution < -0.4 is 5.32 Å². The highest BCUT2D eigenvalue weighted by atomic mass is 16.4. The van der Waals surface area contributed by atoms with Gasteiger partial charge in [-0.2, -0.15) is 0 Å². The number of benzene rings is 1. The van der Waals surface area contributed by atoms with Gasteiger partial charge in [0, 0.05) is 26.7 Å². The van der Waals surface area contributed by atoms with E-state index in [2.05, 4.69) is 14.9 Å². The molecular weight excluding hydrogens is 308 g/mol. The number of nitrogens with zero attached hydrogens (tertiary/aromatic N) is 3. The third-order valence-corrected chi connectivity index (χ3v) is 4.00. The summed E-state index contributed by atoms with van der Waals surface area (Å²) in [6.07, 6.45) is 0.773. The summed E-state index contributed by atoms with van der Waals surface area (Å²) in [7, 11) is 1.60. The molecule has 2 rings (SSSR count). The Morgan fingerprint density at radius 1 is 1.38 bits per heavy atom. The van der Waals surface area contributed by atoms with Crippen molar-refractivity contribution >= 4 is 23.0 Å². The number of carboxylic acid groups (broad SMARTS) is 1. The highest BCUT2D eigenvalue weighted by molar-refractivity contribution is 5.76. The van der Waals surface area contributed by atoms with Crippen LogP contribution in [0.3, 0.4) is 0 Å². The molecule has 1 unspecified atom stereocenters. The maximum Gasteiger partial charge on any atom is 0.317 e. The van der Waals surface area contributed by atoms with Gasteiger partial charge in [-0.25, -0.2) is 9.78 Å². The molecule has 7 heteroatoms. The van der Waals surface area contributed by atoms with E-state index in [1.54, 1.807) is 14.0 Å². The van der Waals surface area contributed by atoms with E-state index in [-0.39, 0.29) is 12.6 Å². The number of aryl methyl sites for hydroxylation is 2. The summed E-state index contributed by atoms with van der Waals surface area (Å²) in [5.74, 6) is -0.534. The number of carbonyl (C=O) groups excluding carboxylic acids is 1. The summed E-state index contributed by atoms with van der Waals surface area (Å²) in [4.78, 5) is 28.7. The van der Waals surface area contributed by atoms with Crippen LogP contribution in [0, 0.1) is 12.8 Å². The van der Waals surface area contributed by atoms with Crippen LogP contribution in [0.5, 0.6) is 0 Å². The number of rotatable bonds is 7. The van der Waals surface area contributed by atoms with Crippen molar-refractivity contribution in [3.05, 3.63) is 30.1 Å². The monoisotopic (exact) mass is 332 g/mol. The molecule has 0 radical (unpaired) electrons. The molecule has 0 bridgehead atoms. The van der Waals surface area contributed by atoms with Crippen LogP contribution in [0.1, 0.15) is 19.2 Å². The SMILES string of the molecule is Cc1nc2ccccc2n1CCCNC(=O)N(C)CC(C)C(=O)O. The second kappa shape index (κ2) is 7.81. The number of urea groups is 1. The highest BCUT2D eigenvalue weighted by Gasteiger charge is 2.16. The fourth-order valence-electron chi connectivity index (χ4n) is 2.62. The van der Waals surface area contributed by atoms with Gasteiger partial charge in [0.1, 0.15) is 5.82 Å². The molecule has 7 nitrogen and oxygen atoms in total. The lowest BCUT2D eigenvalue weighted by Crippen LogP contribution is -2.41. The molecule has 0 aliphatic rings. The van der Waals surface area contributed by atoms with Gasteiger partial charge < -0.3 is 19.9 Å². The minimum absolute atomic E-state index is 0.187. The van der Waals surface area contributed by atoms with Crippen LogP contribution in [-0.4, -0.2) is 51.7 Å². The fourth-order valence-corrected chi connectivity index (χ4v) is 2.62. The summed E-state index contributed by atoms with van der Waals surface area (Å²) in [5, 5.41) is 11.7. The van der Waals surface area contributed by atoms with Crippen molar-refractivity contribution in [1.82, 2.24) is 19.8 Å². The van der Waals surface area contributed by atoms with E-state index in [0.717, 1.165) is 29.8 Å². The van der Waals surface area contributed by atoms with Crippen molar-refractivity contribution in [3.8, 4) is 0 Å². The van der Waals surface area contributed by atoms with Crippen LogP contribution >= 0.6 is 0 Å². The molecule has 24 heavy (non-hydrogen) atoms. The molecule has 2 N–H and O–H groups in total. The van der Waals surface area contributed by atoms with Crippen molar-refractivity contribution in [2.45, 2.75) is 26.8 Å². The maximum absolute atomic E-state index is 11.9. The van der Waals surface area contributed by atoms with Crippen LogP contribution in [0.25, 0.3) is 11.0 Å². The highest BCUT2D eigenvalue weighted by Crippen LogP contribution is 2.15. The number of carbonyl (C=O) groups is 2. The smallest absolute Gasteiger partial charge is 0.317 e. The Balaban J connectivity index is 1.81. The lowest BCUT2D eigenvalue weighted by molar-refractivity contribution is -0.141. The minimum Gasteiger partial charge on any atom is -0.481 e. The predicted molar refractivity (Wildman–Crippen MR) is 91.9 cm³/mol. The zero-order valence-corrected chi connectivity index (χ0v) is 14.3. The Labute approximate surface area is 141 Å². The number of hydrogen-bond acceptors (Lipinski definition) is 3. The molecule has 1 aromatic carbocycles. The number of imidazole rings is 1. The number of nitrogens with one attached hydrogen (secondary N) is 1. The first kappa shape index (κ1) is 17.8. The quantitative estimate of drug-likeness (QED) is 0.760. The van der Waals surface area contributed by atoms with Gasteiger partial charge in [0.05, 0.1) is 17.0 Å². The molecule has 0 saturated heterocycles. The number of aliphatic carboxylic acids is 1. The van der Waals surface area contributed by atoms with Crippen molar-refractivity contribution in [3.63, 3.8) is 0 Å². The molecule has 0 aliphatic carbocycles. The van der Waals surface area contributed by atoms with Crippen LogP contribution in [0.4, 0.5) is 4.79 Å². The first-order valence-electron chi connectivity index (χ1n) is 8.03. The van der Waals surface area contributed by atoms with Gasteiger partial charge in [-0.3, -0.25) is 4.79 Å². The Morgan fingerprint density at radius 2 is 2.08 bits per heavy atom. The summed E-state index contributed by atoms with van der Waals surface area (Å²) in [5.41, 5.74) is 2.06. The summed E-state index contributed by atoms with van der Waals surface area (Å²) in [6, 6.07) is 7.72. The zero-order chi connectivity index (χ0) is 17.7. The number of amides is 2. The topological polar surface area (TPSA) is 87.5 Å². The number of hydrogen-bond donors (Lipinski definition) is 2. The van der Waals surface area contributed by atoms with Gasteiger partial charge >= 0.3 is 12.0 Å². The molecule has 2 amide bonds. The van der Waals surface area contributed by atoms with Crippen molar-refractivity contribution in [2.75, 3.05) is 20.1 Å². The second-order valence-corrected chi connectivity index (χ2v) is 6.00. The average Bonchev–Trinajstić information content (AvgIpc) is 2.86. The first-order valence-corrected chi connectivity index (χ1v) is 8.03. The van der Waals surface area contributed by atoms with Gasteiger partial charge in [-0.15, -0.1) is 0 Å². The number of fused-ring (bicyclic) bond motifs is 1. The van der Waals surface area contributed by atoms with Gasteiger partial charge in [0.25, 0.3) is 0 Å². The lowest BCUT2D eigenvalue weighted by atomic mass is 10.2. The number of para-hydroxylation sites is 2. The molecular formula is C17H24N4O3. The van der Waals surface area contributed by atoms with E-state index in [4.69, 9.17) is 5.11 Å². The largest absolute Gasteiger partial charge is 0.481 e. The van der Waals surface area contributed by atoms with Crippen molar-refractivity contribution < 1.29 is 14.7 Å². The van der Waals surface area contributed by atoms with Crippen LogP contribution in [-0.2, 0) is 11.3 Å². The molecule has 130 valence electrons. The zero-order valence-electron chi connectivity index (χ0n) is 14.3. The van der Waals surface area contributed by atoms with E-state index in [9.17, 15) is 9.59 Å². The Morgan fingerprint density at radius 3 is 2.79 bits per heavy atom. The molecule has 0 fully saturated rings. The standard InChI is InChI=1S/C17H24N4O3/c1-12(16(22)23)11-20(3)17(24)18-9-6-10-21-13(2)19-14-7-4-5-8-15(14)21/h4-5,7-8,12H,6,9-11H2,1-3H3,(H,18,24)(H,22,23). The average molecular weight is 332 g/mol. The maximum atomic E-state index is 11.9. The van der Waals surface area contributed by atoms with Gasteiger partial charge in [-0.1, -0.05) is 19.1 Å². The predicted octanol–water partition coefficient (Wildman–Crippen LogP) is 2.10. The molecule has 0 aliphatic heterocycles. The summed E-state index contributed by atoms with van der Waals surface area (Å²) < 4.78 is 2.14. The van der Waals surface area contributed by atoms with Gasteiger partial charge in [0.15, 0.2) is 0 Å². The van der Waals surface area contributed by atoms with E-state index in [1.807, 2.05) is 31.2 Å². The molecule has 1 heterocycles. The lowest BCUT2D eigenvalue weighted by Gasteiger charge is -2.20. The van der Waals surface area contributed by atoms with Crippen molar-refractivity contribution in [1.29, 1.82) is 0 Å². The van der Waals surface area contributed by atoms with Gasteiger partial charge in [0.2, 0.25) is 0 Å². The van der Waals surface area contributed by atoms with Crippen LogP contribution in [0.15, 0.2) is 24.3 Å². The first-order chi connectivity index (χ1) is 11.4. The molecule has 0 saturated carbocycles.